The summed E-state index contributed by atoms with van der Waals surface area (Å²) in [6.07, 6.45) is 5.27. The highest BCUT2D eigenvalue weighted by Gasteiger charge is 2.26. The summed E-state index contributed by atoms with van der Waals surface area (Å²) < 4.78 is 27.5. The second-order valence-electron chi connectivity index (χ2n) is 4.51. The Hall–Kier alpha value is -1.03. The van der Waals surface area contributed by atoms with Gasteiger partial charge in [0.2, 0.25) is 10.0 Å². The average Bonchev–Trinajstić information content (AvgIpc) is 2.21. The lowest BCUT2D eigenvalue weighted by Crippen LogP contribution is -2.42. The molecule has 0 saturated heterocycles. The second-order valence-corrected chi connectivity index (χ2v) is 7.02. The Bertz CT molecular complexity index is 616. The van der Waals surface area contributed by atoms with Gasteiger partial charge in [-0.3, -0.25) is 0 Å². The first kappa shape index (κ1) is 15.0. The third-order valence-electron chi connectivity index (χ3n) is 2.33. The smallest absolute Gasteiger partial charge is 0.242 e. The van der Waals surface area contributed by atoms with Crippen molar-refractivity contribution < 1.29 is 8.42 Å². The quantitative estimate of drug-likeness (QED) is 0.658. The largest absolute Gasteiger partial charge is 0.398 e. The number of nitrogen functional groups attached to an aromatic ring is 1. The first-order valence-electron chi connectivity index (χ1n) is 5.16. The number of hydrogen-bond acceptors (Lipinski definition) is 3. The van der Waals surface area contributed by atoms with Gasteiger partial charge in [0.25, 0.3) is 0 Å². The number of anilines is 1. The van der Waals surface area contributed by atoms with Crippen molar-refractivity contribution >= 4 is 31.6 Å². The van der Waals surface area contributed by atoms with Crippen LogP contribution in [0.1, 0.15) is 19.4 Å². The van der Waals surface area contributed by atoms with Crippen LogP contribution in [0.15, 0.2) is 21.5 Å². The molecule has 0 unspecified atom stereocenters. The van der Waals surface area contributed by atoms with Crippen LogP contribution in [-0.4, -0.2) is 14.0 Å². The molecule has 1 aromatic rings. The fourth-order valence-electron chi connectivity index (χ4n) is 1.38. The number of nitrogens with one attached hydrogen (secondary N) is 1. The summed E-state index contributed by atoms with van der Waals surface area (Å²) >= 11 is 3.25. The van der Waals surface area contributed by atoms with Crippen molar-refractivity contribution in [2.75, 3.05) is 5.73 Å². The van der Waals surface area contributed by atoms with Gasteiger partial charge in [-0.15, -0.1) is 6.42 Å². The van der Waals surface area contributed by atoms with Crippen molar-refractivity contribution in [2.45, 2.75) is 31.2 Å². The molecule has 6 heteroatoms. The molecule has 1 aromatic carbocycles. The maximum Gasteiger partial charge on any atom is 0.242 e. The molecule has 0 heterocycles. The average molecular weight is 331 g/mol. The van der Waals surface area contributed by atoms with Gasteiger partial charge in [-0.25, -0.2) is 8.42 Å². The highest BCUT2D eigenvalue weighted by molar-refractivity contribution is 9.10. The summed E-state index contributed by atoms with van der Waals surface area (Å²) in [7, 11) is -3.69. The molecule has 0 spiro atoms. The van der Waals surface area contributed by atoms with Crippen LogP contribution in [0.5, 0.6) is 0 Å². The summed E-state index contributed by atoms with van der Waals surface area (Å²) in [4.78, 5) is 0.131. The minimum absolute atomic E-state index is 0.131. The van der Waals surface area contributed by atoms with Gasteiger partial charge in [0.1, 0.15) is 0 Å². The number of nitrogens with two attached hydrogens (primary N) is 1. The molecule has 0 aliphatic carbocycles. The summed E-state index contributed by atoms with van der Waals surface area (Å²) in [5.41, 5.74) is 5.71. The zero-order valence-corrected chi connectivity index (χ0v) is 12.8. The number of halogens is 1. The zero-order valence-electron chi connectivity index (χ0n) is 10.4. The highest BCUT2D eigenvalue weighted by Crippen LogP contribution is 2.27. The SMILES string of the molecule is C#CC(C)(C)NS(=O)(=O)c1cc(N)c(Br)cc1C. The van der Waals surface area contributed by atoms with E-state index in [0.29, 0.717) is 15.7 Å². The van der Waals surface area contributed by atoms with E-state index in [1.54, 1.807) is 26.8 Å². The Balaban J connectivity index is 3.31. The molecule has 0 bridgehead atoms. The molecule has 0 fully saturated rings. The van der Waals surface area contributed by atoms with Gasteiger partial charge in [0, 0.05) is 10.2 Å². The molecule has 0 saturated carbocycles. The summed E-state index contributed by atoms with van der Waals surface area (Å²) in [6, 6.07) is 3.07. The molecule has 1 rings (SSSR count). The van der Waals surface area contributed by atoms with E-state index in [1.165, 1.54) is 6.07 Å². The highest BCUT2D eigenvalue weighted by atomic mass is 79.9. The molecule has 18 heavy (non-hydrogen) atoms. The lowest BCUT2D eigenvalue weighted by atomic mass is 10.1. The third kappa shape index (κ3) is 3.25. The van der Waals surface area contributed by atoms with E-state index in [4.69, 9.17) is 12.2 Å². The first-order chi connectivity index (χ1) is 8.09. The van der Waals surface area contributed by atoms with Crippen molar-refractivity contribution in [1.29, 1.82) is 0 Å². The lowest BCUT2D eigenvalue weighted by Gasteiger charge is -2.20. The van der Waals surface area contributed by atoms with Gasteiger partial charge < -0.3 is 5.73 Å². The van der Waals surface area contributed by atoms with E-state index in [2.05, 4.69) is 26.6 Å². The minimum Gasteiger partial charge on any atom is -0.398 e. The number of benzene rings is 1. The molecule has 98 valence electrons. The Labute approximate surface area is 116 Å². The van der Waals surface area contributed by atoms with Gasteiger partial charge in [0.05, 0.1) is 10.4 Å². The van der Waals surface area contributed by atoms with E-state index in [1.807, 2.05) is 0 Å². The molecule has 4 nitrogen and oxygen atoms in total. The van der Waals surface area contributed by atoms with Crippen LogP contribution in [0, 0.1) is 19.3 Å². The summed E-state index contributed by atoms with van der Waals surface area (Å²) in [5.74, 6) is 2.38. The van der Waals surface area contributed by atoms with Crippen molar-refractivity contribution in [1.82, 2.24) is 4.72 Å². The van der Waals surface area contributed by atoms with Gasteiger partial charge in [-0.2, -0.15) is 4.72 Å². The maximum atomic E-state index is 12.2. The van der Waals surface area contributed by atoms with E-state index >= 15 is 0 Å². The van der Waals surface area contributed by atoms with Crippen LogP contribution in [0.3, 0.4) is 0 Å². The van der Waals surface area contributed by atoms with Crippen molar-refractivity contribution in [3.63, 3.8) is 0 Å². The zero-order chi connectivity index (χ0) is 14.1. The minimum atomic E-state index is -3.69. The molecule has 3 N–H and O–H groups in total. The molecule has 0 aliphatic heterocycles. The number of sulfonamides is 1. The van der Waals surface area contributed by atoms with E-state index < -0.39 is 15.6 Å². The van der Waals surface area contributed by atoms with Crippen molar-refractivity contribution in [3.8, 4) is 12.3 Å². The predicted octanol–water partition coefficient (Wildman–Crippen LogP) is 2.03. The second kappa shape index (κ2) is 4.92. The van der Waals surface area contributed by atoms with Gasteiger partial charge in [-0.05, 0) is 54.4 Å². The Morgan fingerprint density at radius 1 is 1.44 bits per heavy atom. The lowest BCUT2D eigenvalue weighted by molar-refractivity contribution is 0.538. The molecule has 0 aliphatic rings. The van der Waals surface area contributed by atoms with Crippen LogP contribution in [0.2, 0.25) is 0 Å². The molecule has 0 amide bonds. The summed E-state index contributed by atoms with van der Waals surface area (Å²) in [5, 5.41) is 0. The number of hydrogen-bond donors (Lipinski definition) is 2. The van der Waals surface area contributed by atoms with Crippen molar-refractivity contribution in [2.24, 2.45) is 0 Å². The fourth-order valence-corrected chi connectivity index (χ4v) is 3.44. The van der Waals surface area contributed by atoms with Crippen LogP contribution in [-0.2, 0) is 10.0 Å². The topological polar surface area (TPSA) is 72.2 Å². The molecular formula is C12H15BrN2O2S. The van der Waals surface area contributed by atoms with Gasteiger partial charge >= 0.3 is 0 Å². The molecule has 0 atom stereocenters. The Kier molecular flexibility index (Phi) is 4.11. The van der Waals surface area contributed by atoms with E-state index in [-0.39, 0.29) is 4.90 Å². The van der Waals surface area contributed by atoms with E-state index in [0.717, 1.165) is 0 Å². The van der Waals surface area contributed by atoms with Crippen molar-refractivity contribution in [3.05, 3.63) is 22.2 Å². The van der Waals surface area contributed by atoms with Crippen LogP contribution in [0.4, 0.5) is 5.69 Å². The standard InChI is InChI=1S/C12H15BrN2O2S/c1-5-12(3,4)15-18(16,17)11-7-10(14)9(13)6-8(11)2/h1,6-7,15H,14H2,2-4H3. The van der Waals surface area contributed by atoms with E-state index in [9.17, 15) is 8.42 Å². The Morgan fingerprint density at radius 3 is 2.50 bits per heavy atom. The molecule has 0 radical (unpaired) electrons. The normalized spacial score (nSPS) is 12.2. The molecular weight excluding hydrogens is 316 g/mol. The third-order valence-corrected chi connectivity index (χ3v) is 4.82. The number of rotatable bonds is 3. The maximum absolute atomic E-state index is 12.2. The summed E-state index contributed by atoms with van der Waals surface area (Å²) in [6.45, 7) is 4.92. The van der Waals surface area contributed by atoms with Crippen LogP contribution < -0.4 is 10.5 Å². The number of aryl methyl sites for hydroxylation is 1. The van der Waals surface area contributed by atoms with Gasteiger partial charge in [0.15, 0.2) is 0 Å². The monoisotopic (exact) mass is 330 g/mol. The van der Waals surface area contributed by atoms with Crippen LogP contribution in [0.25, 0.3) is 0 Å². The Morgan fingerprint density at radius 2 is 2.00 bits per heavy atom. The predicted molar refractivity (Wildman–Crippen MR) is 76.5 cm³/mol. The first-order valence-corrected chi connectivity index (χ1v) is 7.44. The van der Waals surface area contributed by atoms with Crippen LogP contribution >= 0.6 is 15.9 Å². The number of terminal acetylenes is 1. The fraction of sp³-hybridized carbons (Fsp3) is 0.333. The molecule has 0 aromatic heterocycles. The van der Waals surface area contributed by atoms with Gasteiger partial charge in [-0.1, -0.05) is 5.92 Å².